The van der Waals surface area contributed by atoms with Crippen LogP contribution in [0.15, 0.2) is 24.3 Å². The van der Waals surface area contributed by atoms with E-state index in [1.165, 1.54) is 0 Å². The molecule has 0 heterocycles. The van der Waals surface area contributed by atoms with Crippen LogP contribution in [0.1, 0.15) is 45.2 Å². The molecule has 5 heteroatoms. The number of halogens is 2. The molecule has 1 aromatic carbocycles. The normalized spacial score (nSPS) is 12.4. The van der Waals surface area contributed by atoms with E-state index in [1.807, 2.05) is 45.0 Å². The van der Waals surface area contributed by atoms with Gasteiger partial charge in [-0.1, -0.05) is 43.6 Å². The van der Waals surface area contributed by atoms with Gasteiger partial charge in [-0.2, -0.15) is 0 Å². The number of hydrogen-bond acceptors (Lipinski definition) is 2. The molecule has 0 spiro atoms. The minimum absolute atomic E-state index is 0. The molecule has 0 aliphatic carbocycles. The summed E-state index contributed by atoms with van der Waals surface area (Å²) in [6.07, 6.45) is 1.47. The fraction of sp³-hybridized carbons (Fsp3) is 0.533. The molecule has 20 heavy (non-hydrogen) atoms. The molecular weight excluding hydrogens is 295 g/mol. The quantitative estimate of drug-likeness (QED) is 0.840. The molecule has 1 aromatic rings. The van der Waals surface area contributed by atoms with Crippen LogP contribution < -0.4 is 11.1 Å². The van der Waals surface area contributed by atoms with Gasteiger partial charge in [-0.15, -0.1) is 12.4 Å². The van der Waals surface area contributed by atoms with Crippen molar-refractivity contribution in [2.24, 2.45) is 11.1 Å². The summed E-state index contributed by atoms with van der Waals surface area (Å²) in [6.45, 7) is 6.29. The predicted molar refractivity (Wildman–Crippen MR) is 87.3 cm³/mol. The standard InChI is InChI=1S/C15H23ClN2O.ClH/c1-4-15(5-2,10-17)14(19)18-11(3)12-8-6-7-9-13(12)16;/h6-9,11H,4-5,10,17H2,1-3H3,(H,18,19);1H. The lowest BCUT2D eigenvalue weighted by molar-refractivity contribution is -0.131. The predicted octanol–water partition coefficient (Wildman–Crippen LogP) is 3.70. The second-order valence-electron chi connectivity index (χ2n) is 4.91. The van der Waals surface area contributed by atoms with Crippen molar-refractivity contribution >= 4 is 29.9 Å². The number of rotatable bonds is 6. The summed E-state index contributed by atoms with van der Waals surface area (Å²) in [4.78, 5) is 12.4. The van der Waals surface area contributed by atoms with Crippen LogP contribution in [0.4, 0.5) is 0 Å². The zero-order chi connectivity index (χ0) is 14.5. The van der Waals surface area contributed by atoms with E-state index < -0.39 is 5.41 Å². The highest BCUT2D eigenvalue weighted by atomic mass is 35.5. The number of carbonyl (C=O) groups excluding carboxylic acids is 1. The first-order valence-electron chi connectivity index (χ1n) is 6.76. The summed E-state index contributed by atoms with van der Waals surface area (Å²) in [6, 6.07) is 7.43. The first-order valence-corrected chi connectivity index (χ1v) is 7.14. The first-order chi connectivity index (χ1) is 9.00. The fourth-order valence-corrected chi connectivity index (χ4v) is 2.51. The number of amides is 1. The molecule has 1 rings (SSSR count). The highest BCUT2D eigenvalue weighted by Crippen LogP contribution is 2.28. The summed E-state index contributed by atoms with van der Waals surface area (Å²) in [5.74, 6) is 0.00687. The van der Waals surface area contributed by atoms with Gasteiger partial charge in [0.05, 0.1) is 11.5 Å². The average molecular weight is 319 g/mol. The monoisotopic (exact) mass is 318 g/mol. The van der Waals surface area contributed by atoms with Crippen molar-refractivity contribution < 1.29 is 4.79 Å². The Hall–Kier alpha value is -0.770. The van der Waals surface area contributed by atoms with Crippen LogP contribution in [0, 0.1) is 5.41 Å². The molecule has 1 unspecified atom stereocenters. The van der Waals surface area contributed by atoms with Gasteiger partial charge >= 0.3 is 0 Å². The van der Waals surface area contributed by atoms with E-state index in [0.29, 0.717) is 11.6 Å². The Bertz CT molecular complexity index is 425. The molecular formula is C15H24Cl2N2O. The van der Waals surface area contributed by atoms with E-state index in [1.54, 1.807) is 0 Å². The molecule has 3 nitrogen and oxygen atoms in total. The van der Waals surface area contributed by atoms with Gasteiger partial charge in [-0.05, 0) is 31.4 Å². The summed E-state index contributed by atoms with van der Waals surface area (Å²) in [5, 5.41) is 3.70. The van der Waals surface area contributed by atoms with E-state index >= 15 is 0 Å². The zero-order valence-electron chi connectivity index (χ0n) is 12.3. The van der Waals surface area contributed by atoms with Gasteiger partial charge in [-0.3, -0.25) is 4.79 Å². The molecule has 0 aromatic heterocycles. The molecule has 1 amide bonds. The average Bonchev–Trinajstić information content (AvgIpc) is 2.41. The largest absolute Gasteiger partial charge is 0.349 e. The van der Waals surface area contributed by atoms with Crippen molar-refractivity contribution in [3.05, 3.63) is 34.9 Å². The van der Waals surface area contributed by atoms with Gasteiger partial charge in [0.1, 0.15) is 0 Å². The Morgan fingerprint density at radius 3 is 2.35 bits per heavy atom. The van der Waals surface area contributed by atoms with Crippen LogP contribution in [-0.4, -0.2) is 12.5 Å². The molecule has 0 saturated heterocycles. The van der Waals surface area contributed by atoms with Crippen LogP contribution in [0.3, 0.4) is 0 Å². The summed E-state index contributed by atoms with van der Waals surface area (Å²) in [7, 11) is 0. The van der Waals surface area contributed by atoms with Crippen LogP contribution >= 0.6 is 24.0 Å². The number of carbonyl (C=O) groups is 1. The van der Waals surface area contributed by atoms with Crippen LogP contribution in [-0.2, 0) is 4.79 Å². The van der Waals surface area contributed by atoms with E-state index in [0.717, 1.165) is 18.4 Å². The maximum atomic E-state index is 12.4. The van der Waals surface area contributed by atoms with Crippen LogP contribution in [0.2, 0.25) is 5.02 Å². The van der Waals surface area contributed by atoms with Crippen molar-refractivity contribution in [2.45, 2.75) is 39.7 Å². The Morgan fingerprint density at radius 2 is 1.90 bits per heavy atom. The van der Waals surface area contributed by atoms with E-state index in [-0.39, 0.29) is 24.4 Å². The highest BCUT2D eigenvalue weighted by molar-refractivity contribution is 6.31. The van der Waals surface area contributed by atoms with Gasteiger partial charge in [-0.25, -0.2) is 0 Å². The molecule has 0 radical (unpaired) electrons. The second-order valence-corrected chi connectivity index (χ2v) is 5.32. The van der Waals surface area contributed by atoms with Gasteiger partial charge in [0, 0.05) is 11.6 Å². The van der Waals surface area contributed by atoms with E-state index in [4.69, 9.17) is 17.3 Å². The third kappa shape index (κ3) is 4.11. The molecule has 0 saturated carbocycles. The molecule has 0 fully saturated rings. The summed E-state index contributed by atoms with van der Waals surface area (Å²) < 4.78 is 0. The maximum absolute atomic E-state index is 12.4. The topological polar surface area (TPSA) is 55.1 Å². The Morgan fingerprint density at radius 1 is 1.35 bits per heavy atom. The Balaban J connectivity index is 0.00000361. The number of nitrogens with one attached hydrogen (secondary N) is 1. The molecule has 3 N–H and O–H groups in total. The third-order valence-corrected chi connectivity index (χ3v) is 4.29. The number of benzene rings is 1. The highest BCUT2D eigenvalue weighted by Gasteiger charge is 2.34. The summed E-state index contributed by atoms with van der Waals surface area (Å²) in [5.41, 5.74) is 6.24. The number of hydrogen-bond donors (Lipinski definition) is 2. The van der Waals surface area contributed by atoms with Crippen LogP contribution in [0.25, 0.3) is 0 Å². The van der Waals surface area contributed by atoms with Gasteiger partial charge in [0.25, 0.3) is 0 Å². The Kier molecular flexibility index (Phi) is 8.17. The Labute approximate surface area is 132 Å². The molecule has 0 aliphatic heterocycles. The molecule has 0 bridgehead atoms. The lowest BCUT2D eigenvalue weighted by atomic mass is 9.81. The smallest absolute Gasteiger partial charge is 0.227 e. The van der Waals surface area contributed by atoms with Gasteiger partial charge < -0.3 is 11.1 Å². The second kappa shape index (κ2) is 8.50. The van der Waals surface area contributed by atoms with Crippen molar-refractivity contribution in [3.8, 4) is 0 Å². The minimum atomic E-state index is -0.477. The SMILES string of the molecule is CCC(CC)(CN)C(=O)NC(C)c1ccccc1Cl.Cl. The fourth-order valence-electron chi connectivity index (χ4n) is 2.21. The molecule has 0 aliphatic rings. The molecule has 114 valence electrons. The lowest BCUT2D eigenvalue weighted by Crippen LogP contribution is -2.46. The van der Waals surface area contributed by atoms with Gasteiger partial charge in [0.15, 0.2) is 0 Å². The minimum Gasteiger partial charge on any atom is -0.349 e. The van der Waals surface area contributed by atoms with Crippen molar-refractivity contribution in [1.29, 1.82) is 0 Å². The maximum Gasteiger partial charge on any atom is 0.227 e. The van der Waals surface area contributed by atoms with E-state index in [2.05, 4.69) is 5.32 Å². The summed E-state index contributed by atoms with van der Waals surface area (Å²) >= 11 is 6.14. The van der Waals surface area contributed by atoms with Crippen molar-refractivity contribution in [2.75, 3.05) is 6.54 Å². The zero-order valence-corrected chi connectivity index (χ0v) is 13.9. The first kappa shape index (κ1) is 19.2. The number of nitrogens with two attached hydrogens (primary N) is 1. The van der Waals surface area contributed by atoms with Crippen molar-refractivity contribution in [1.82, 2.24) is 5.32 Å². The van der Waals surface area contributed by atoms with E-state index in [9.17, 15) is 4.79 Å². The lowest BCUT2D eigenvalue weighted by Gasteiger charge is -2.30. The van der Waals surface area contributed by atoms with Crippen molar-refractivity contribution in [3.63, 3.8) is 0 Å². The van der Waals surface area contributed by atoms with Crippen LogP contribution in [0.5, 0.6) is 0 Å². The molecule has 1 atom stereocenters. The third-order valence-electron chi connectivity index (χ3n) is 3.95. The van der Waals surface area contributed by atoms with Gasteiger partial charge in [0.2, 0.25) is 5.91 Å².